The van der Waals surface area contributed by atoms with Crippen LogP contribution in [0.2, 0.25) is 0 Å². The number of nitrogens with two attached hydrogens (primary N) is 1. The highest BCUT2D eigenvalue weighted by Crippen LogP contribution is 2.45. The minimum absolute atomic E-state index is 0.105. The summed E-state index contributed by atoms with van der Waals surface area (Å²) in [7, 11) is -1.67. The second-order valence-electron chi connectivity index (χ2n) is 7.80. The van der Waals surface area contributed by atoms with Gasteiger partial charge in [0.2, 0.25) is 5.88 Å². The fraction of sp³-hybridized carbons (Fsp3) is 0.160. The molecule has 1 aliphatic heterocycles. The lowest BCUT2D eigenvalue weighted by Crippen LogP contribution is -2.21. The number of fused-ring (bicyclic) bond motifs is 1. The van der Waals surface area contributed by atoms with Gasteiger partial charge in [-0.15, -0.1) is 0 Å². The molecule has 1 heterocycles. The molecule has 0 saturated carbocycles. The smallest absolute Gasteiger partial charge is 0.416 e. The second kappa shape index (κ2) is 9.59. The first kappa shape index (κ1) is 25.7. The number of rotatable bonds is 6. The zero-order valence-corrected chi connectivity index (χ0v) is 20.2. The zero-order chi connectivity index (χ0) is 27.0. The van der Waals surface area contributed by atoms with Gasteiger partial charge in [-0.1, -0.05) is 18.2 Å². The maximum absolute atomic E-state index is 13.0. The van der Waals surface area contributed by atoms with Crippen molar-refractivity contribution in [2.24, 2.45) is 5.73 Å². The molecule has 0 spiro atoms. The maximum Gasteiger partial charge on any atom is 0.416 e. The fourth-order valence-corrected chi connectivity index (χ4v) is 4.84. The van der Waals surface area contributed by atoms with Crippen molar-refractivity contribution in [3.63, 3.8) is 0 Å². The predicted molar refractivity (Wildman–Crippen MR) is 125 cm³/mol. The number of alkyl halides is 3. The Labute approximate surface area is 210 Å². The molecule has 12 heteroatoms. The zero-order valence-electron chi connectivity index (χ0n) is 19.4. The van der Waals surface area contributed by atoms with Gasteiger partial charge in [0.25, 0.3) is 0 Å². The number of methoxy groups -OCH3 is 2. The molecule has 3 aromatic rings. The summed E-state index contributed by atoms with van der Waals surface area (Å²) in [5.41, 5.74) is 6.07. The molecule has 1 unspecified atom stereocenters. The molecule has 0 bridgehead atoms. The Morgan fingerprint density at radius 2 is 1.73 bits per heavy atom. The van der Waals surface area contributed by atoms with Crippen LogP contribution in [-0.4, -0.2) is 22.6 Å². The Balaban J connectivity index is 1.73. The molecule has 1 aliphatic rings. The van der Waals surface area contributed by atoms with Gasteiger partial charge in [-0.3, -0.25) is 0 Å². The monoisotopic (exact) mass is 532 g/mol. The van der Waals surface area contributed by atoms with Crippen LogP contribution in [0, 0.1) is 11.3 Å². The first-order chi connectivity index (χ1) is 17.5. The topological polar surface area (TPSA) is 121 Å². The summed E-state index contributed by atoms with van der Waals surface area (Å²) in [6, 6.07) is 14.3. The highest BCUT2D eigenvalue weighted by molar-refractivity contribution is 7.87. The number of allylic oxidation sites excluding steroid dienone is 1. The van der Waals surface area contributed by atoms with Gasteiger partial charge in [0.1, 0.15) is 28.0 Å². The van der Waals surface area contributed by atoms with Crippen molar-refractivity contribution in [3.8, 4) is 29.1 Å². The van der Waals surface area contributed by atoms with Crippen LogP contribution in [-0.2, 0) is 16.3 Å². The Morgan fingerprint density at radius 1 is 1.00 bits per heavy atom. The van der Waals surface area contributed by atoms with Crippen molar-refractivity contribution in [1.82, 2.24) is 0 Å². The van der Waals surface area contributed by atoms with Crippen LogP contribution in [0.15, 0.2) is 77.0 Å². The number of nitriles is 1. The van der Waals surface area contributed by atoms with Gasteiger partial charge < -0.3 is 24.1 Å². The molecular formula is C25H19F3N2O6S. The number of hydrogen-bond acceptors (Lipinski definition) is 8. The van der Waals surface area contributed by atoms with Gasteiger partial charge in [-0.2, -0.15) is 26.9 Å². The van der Waals surface area contributed by atoms with Crippen LogP contribution in [0.1, 0.15) is 22.6 Å². The average Bonchev–Trinajstić information content (AvgIpc) is 2.86. The molecule has 0 fully saturated rings. The lowest BCUT2D eigenvalue weighted by atomic mass is 9.83. The highest BCUT2D eigenvalue weighted by atomic mass is 32.2. The third-order valence-electron chi connectivity index (χ3n) is 5.59. The standard InChI is InChI=1S/C25H19F3N2O6S/c1-33-20-9-6-14(10-22(20)34-2)23-18-8-7-16(12-21(18)35-24(30)19(23)13-29)36-37(31,32)17-5-3-4-15(11-17)25(26,27)28/h3-12,23H,30H2,1-2H3. The first-order valence-electron chi connectivity index (χ1n) is 10.5. The number of nitrogens with zero attached hydrogens (tertiary/aromatic N) is 1. The SMILES string of the molecule is COc1ccc(C2C(C#N)=C(N)Oc3cc(OS(=O)(=O)c4cccc(C(F)(F)F)c4)ccc32)cc1OC. The number of ether oxygens (including phenoxy) is 3. The minimum Gasteiger partial charge on any atom is -0.493 e. The largest absolute Gasteiger partial charge is 0.493 e. The van der Waals surface area contributed by atoms with Crippen LogP contribution >= 0.6 is 0 Å². The van der Waals surface area contributed by atoms with Crippen molar-refractivity contribution in [2.45, 2.75) is 17.0 Å². The Kier molecular flexibility index (Phi) is 6.66. The maximum atomic E-state index is 13.0. The third kappa shape index (κ3) is 4.99. The van der Waals surface area contributed by atoms with E-state index in [1.54, 1.807) is 18.2 Å². The molecule has 8 nitrogen and oxygen atoms in total. The molecule has 0 aromatic heterocycles. The van der Waals surface area contributed by atoms with Gasteiger partial charge in [-0.25, -0.2) is 0 Å². The predicted octanol–water partition coefficient (Wildman–Crippen LogP) is 4.71. The van der Waals surface area contributed by atoms with E-state index in [0.29, 0.717) is 28.7 Å². The number of hydrogen-bond donors (Lipinski definition) is 1. The van der Waals surface area contributed by atoms with Gasteiger partial charge in [0.15, 0.2) is 11.5 Å². The summed E-state index contributed by atoms with van der Waals surface area (Å²) < 4.78 is 85.7. The molecule has 4 rings (SSSR count). The molecule has 0 saturated heterocycles. The van der Waals surface area contributed by atoms with E-state index in [0.717, 1.165) is 18.2 Å². The van der Waals surface area contributed by atoms with E-state index in [1.165, 1.54) is 32.4 Å². The van der Waals surface area contributed by atoms with Gasteiger partial charge in [-0.05, 0) is 42.0 Å². The Bertz CT molecular complexity index is 1540. The lowest BCUT2D eigenvalue weighted by Gasteiger charge is -2.27. The molecule has 0 aliphatic carbocycles. The van der Waals surface area contributed by atoms with Gasteiger partial charge in [0.05, 0.1) is 25.7 Å². The average molecular weight is 532 g/mol. The van der Waals surface area contributed by atoms with Crippen molar-refractivity contribution in [3.05, 3.63) is 88.8 Å². The number of benzene rings is 3. The summed E-state index contributed by atoms with van der Waals surface area (Å²) in [6.07, 6.45) is -4.73. The van der Waals surface area contributed by atoms with E-state index in [4.69, 9.17) is 24.1 Å². The minimum atomic E-state index is -4.73. The van der Waals surface area contributed by atoms with Crippen LogP contribution < -0.4 is 24.1 Å². The molecule has 192 valence electrons. The number of halogens is 3. The van der Waals surface area contributed by atoms with E-state index in [9.17, 15) is 26.9 Å². The molecule has 1 atom stereocenters. The van der Waals surface area contributed by atoms with Gasteiger partial charge in [0, 0.05) is 11.6 Å². The van der Waals surface area contributed by atoms with E-state index >= 15 is 0 Å². The molecule has 3 aromatic carbocycles. The third-order valence-corrected chi connectivity index (χ3v) is 6.83. The highest BCUT2D eigenvalue weighted by Gasteiger charge is 2.34. The van der Waals surface area contributed by atoms with Gasteiger partial charge >= 0.3 is 16.3 Å². The molecule has 0 radical (unpaired) electrons. The summed E-state index contributed by atoms with van der Waals surface area (Å²) in [5.74, 6) is -0.132. The van der Waals surface area contributed by atoms with E-state index < -0.39 is 32.7 Å². The van der Waals surface area contributed by atoms with Crippen LogP contribution in [0.5, 0.6) is 23.0 Å². The quantitative estimate of drug-likeness (QED) is 0.453. The second-order valence-corrected chi connectivity index (χ2v) is 9.35. The van der Waals surface area contributed by atoms with Crippen LogP contribution in [0.3, 0.4) is 0 Å². The van der Waals surface area contributed by atoms with Crippen molar-refractivity contribution < 1.29 is 40.0 Å². The normalized spacial score (nSPS) is 15.3. The summed E-state index contributed by atoms with van der Waals surface area (Å²) in [6.45, 7) is 0. The molecule has 0 amide bonds. The van der Waals surface area contributed by atoms with E-state index in [2.05, 4.69) is 0 Å². The van der Waals surface area contributed by atoms with Crippen molar-refractivity contribution in [1.29, 1.82) is 5.26 Å². The van der Waals surface area contributed by atoms with Crippen molar-refractivity contribution in [2.75, 3.05) is 14.2 Å². The van der Waals surface area contributed by atoms with E-state index in [1.807, 2.05) is 6.07 Å². The van der Waals surface area contributed by atoms with Crippen molar-refractivity contribution >= 4 is 10.1 Å². The molecule has 2 N–H and O–H groups in total. The fourth-order valence-electron chi connectivity index (χ4n) is 3.87. The molecule has 37 heavy (non-hydrogen) atoms. The van der Waals surface area contributed by atoms with Crippen LogP contribution in [0.4, 0.5) is 13.2 Å². The summed E-state index contributed by atoms with van der Waals surface area (Å²) >= 11 is 0. The molecular weight excluding hydrogens is 513 g/mol. The van der Waals surface area contributed by atoms with Crippen LogP contribution in [0.25, 0.3) is 0 Å². The summed E-state index contributed by atoms with van der Waals surface area (Å²) in [5, 5.41) is 9.75. The Hall–Kier alpha value is -4.37. The Morgan fingerprint density at radius 3 is 2.38 bits per heavy atom. The first-order valence-corrected chi connectivity index (χ1v) is 11.9. The van der Waals surface area contributed by atoms with E-state index in [-0.39, 0.29) is 23.0 Å². The summed E-state index contributed by atoms with van der Waals surface area (Å²) in [4.78, 5) is -0.671. The lowest BCUT2D eigenvalue weighted by molar-refractivity contribution is -0.137.